The minimum absolute atomic E-state index is 0.0283. The van der Waals surface area contributed by atoms with Gasteiger partial charge in [-0.1, -0.05) is 48.5 Å². The number of amides is 1. The molecule has 1 fully saturated rings. The summed E-state index contributed by atoms with van der Waals surface area (Å²) in [5.41, 5.74) is 1.05. The highest BCUT2D eigenvalue weighted by atomic mass is 19.4. The summed E-state index contributed by atoms with van der Waals surface area (Å²) in [5, 5.41) is 6.02. The van der Waals surface area contributed by atoms with Crippen molar-refractivity contribution in [3.63, 3.8) is 0 Å². The fourth-order valence-electron chi connectivity index (χ4n) is 3.60. The van der Waals surface area contributed by atoms with Crippen molar-refractivity contribution in [2.75, 3.05) is 13.6 Å². The average Bonchev–Trinajstić information content (AvgIpc) is 3.09. The van der Waals surface area contributed by atoms with Crippen LogP contribution < -0.4 is 10.6 Å². The fraction of sp³-hybridized carbons (Fsp3) is 0.381. The molecule has 2 aromatic rings. The summed E-state index contributed by atoms with van der Waals surface area (Å²) in [7, 11) is 1.62. The molecule has 2 atom stereocenters. The molecule has 1 amide bonds. The molecule has 28 heavy (non-hydrogen) atoms. The molecule has 0 aromatic heterocycles. The Morgan fingerprint density at radius 1 is 1.11 bits per heavy atom. The van der Waals surface area contributed by atoms with E-state index in [1.54, 1.807) is 13.1 Å². The molecule has 0 spiro atoms. The quantitative estimate of drug-likeness (QED) is 0.795. The summed E-state index contributed by atoms with van der Waals surface area (Å²) < 4.78 is 38.6. The molecule has 1 aliphatic rings. The number of carbonyl (C=O) groups excluding carboxylic acids is 1. The molecule has 3 rings (SSSR count). The third kappa shape index (κ3) is 5.11. The van der Waals surface area contributed by atoms with Crippen LogP contribution in [0.5, 0.6) is 0 Å². The van der Waals surface area contributed by atoms with Crippen LogP contribution in [0.2, 0.25) is 0 Å². The maximum absolute atomic E-state index is 12.9. The van der Waals surface area contributed by atoms with E-state index < -0.39 is 11.7 Å². The number of carbonyl (C=O) groups is 1. The third-order valence-corrected chi connectivity index (χ3v) is 5.03. The van der Waals surface area contributed by atoms with Gasteiger partial charge in [0.2, 0.25) is 5.91 Å². The van der Waals surface area contributed by atoms with Crippen LogP contribution in [-0.4, -0.2) is 36.5 Å². The van der Waals surface area contributed by atoms with E-state index in [1.165, 1.54) is 12.1 Å². The summed E-state index contributed by atoms with van der Waals surface area (Å²) in [5.74, 6) is -0.0423. The van der Waals surface area contributed by atoms with Crippen molar-refractivity contribution >= 4 is 5.91 Å². The van der Waals surface area contributed by atoms with Gasteiger partial charge in [-0.25, -0.2) is 0 Å². The lowest BCUT2D eigenvalue weighted by Crippen LogP contribution is -2.41. The number of rotatable bonds is 6. The van der Waals surface area contributed by atoms with Gasteiger partial charge in [0.05, 0.1) is 11.6 Å². The summed E-state index contributed by atoms with van der Waals surface area (Å²) in [6.45, 7) is 1.64. The van der Waals surface area contributed by atoms with Gasteiger partial charge in [0.1, 0.15) is 0 Å². The topological polar surface area (TPSA) is 44.4 Å². The summed E-state index contributed by atoms with van der Waals surface area (Å²) >= 11 is 0. The van der Waals surface area contributed by atoms with Crippen molar-refractivity contribution in [1.29, 1.82) is 0 Å². The number of halogens is 3. The number of alkyl halides is 3. The Bertz CT molecular complexity index is 795. The molecule has 7 heteroatoms. The van der Waals surface area contributed by atoms with Crippen LogP contribution in [0.15, 0.2) is 54.6 Å². The zero-order valence-electron chi connectivity index (χ0n) is 15.7. The first-order valence-corrected chi connectivity index (χ1v) is 9.26. The Kier molecular flexibility index (Phi) is 6.36. The average molecular weight is 391 g/mol. The van der Waals surface area contributed by atoms with Crippen LogP contribution in [-0.2, 0) is 24.1 Å². The number of nitrogens with zero attached hydrogens (tertiary/aromatic N) is 1. The minimum atomic E-state index is -4.35. The SMILES string of the molecule is CNC(=O)[C@@H]1C[C@H](NCc2cccc(C(F)(F)F)c2)CN1Cc1ccccc1. The lowest BCUT2D eigenvalue weighted by Gasteiger charge is -2.22. The van der Waals surface area contributed by atoms with Crippen LogP contribution >= 0.6 is 0 Å². The van der Waals surface area contributed by atoms with Gasteiger partial charge in [0.15, 0.2) is 0 Å². The molecule has 1 heterocycles. The molecule has 2 aromatic carbocycles. The molecule has 0 bridgehead atoms. The lowest BCUT2D eigenvalue weighted by atomic mass is 10.1. The molecule has 150 valence electrons. The predicted octanol–water partition coefficient (Wildman–Crippen LogP) is 3.18. The zero-order chi connectivity index (χ0) is 20.1. The molecule has 4 nitrogen and oxygen atoms in total. The van der Waals surface area contributed by atoms with Crippen molar-refractivity contribution in [2.24, 2.45) is 0 Å². The summed E-state index contributed by atoms with van der Waals surface area (Å²) in [6, 6.07) is 15.0. The van der Waals surface area contributed by atoms with Gasteiger partial charge in [0.25, 0.3) is 0 Å². The van der Waals surface area contributed by atoms with Crippen LogP contribution in [0, 0.1) is 0 Å². The maximum Gasteiger partial charge on any atom is 0.416 e. The molecule has 0 saturated carbocycles. The van der Waals surface area contributed by atoms with Gasteiger partial charge in [-0.3, -0.25) is 9.69 Å². The van der Waals surface area contributed by atoms with Gasteiger partial charge < -0.3 is 10.6 Å². The molecule has 0 unspecified atom stereocenters. The standard InChI is InChI=1S/C21H24F3N3O/c1-25-20(28)19-11-18(14-27(19)13-15-6-3-2-4-7-15)26-12-16-8-5-9-17(10-16)21(22,23)24/h2-10,18-19,26H,11-14H2,1H3,(H,25,28)/t18-,19-/m0/s1. The molecular formula is C21H24F3N3O. The Morgan fingerprint density at radius 3 is 2.50 bits per heavy atom. The van der Waals surface area contributed by atoms with E-state index in [9.17, 15) is 18.0 Å². The smallest absolute Gasteiger partial charge is 0.358 e. The molecule has 2 N–H and O–H groups in total. The van der Waals surface area contributed by atoms with Crippen molar-refractivity contribution in [3.05, 3.63) is 71.3 Å². The molecule has 1 saturated heterocycles. The molecular weight excluding hydrogens is 367 g/mol. The number of hydrogen-bond acceptors (Lipinski definition) is 3. The molecule has 0 radical (unpaired) electrons. The number of likely N-dealkylation sites (tertiary alicyclic amines) is 1. The summed E-state index contributed by atoms with van der Waals surface area (Å²) in [6.07, 6.45) is -3.73. The maximum atomic E-state index is 12.9. The second-order valence-corrected chi connectivity index (χ2v) is 7.06. The van der Waals surface area contributed by atoms with Crippen LogP contribution in [0.4, 0.5) is 13.2 Å². The largest absolute Gasteiger partial charge is 0.416 e. The normalized spacial score (nSPS) is 20.3. The first kappa shape index (κ1) is 20.4. The predicted molar refractivity (Wildman–Crippen MR) is 101 cm³/mol. The Labute approximate surface area is 162 Å². The first-order chi connectivity index (χ1) is 13.4. The highest BCUT2D eigenvalue weighted by Gasteiger charge is 2.36. The Balaban J connectivity index is 1.64. The van der Waals surface area contributed by atoms with Gasteiger partial charge in [-0.2, -0.15) is 13.2 Å². The van der Waals surface area contributed by atoms with Gasteiger partial charge in [-0.05, 0) is 23.6 Å². The number of benzene rings is 2. The van der Waals surface area contributed by atoms with E-state index in [0.717, 1.165) is 11.6 Å². The minimum Gasteiger partial charge on any atom is -0.358 e. The van der Waals surface area contributed by atoms with Crippen molar-refractivity contribution < 1.29 is 18.0 Å². The van der Waals surface area contributed by atoms with Gasteiger partial charge in [-0.15, -0.1) is 0 Å². The van der Waals surface area contributed by atoms with E-state index in [2.05, 4.69) is 15.5 Å². The van der Waals surface area contributed by atoms with Crippen LogP contribution in [0.25, 0.3) is 0 Å². The van der Waals surface area contributed by atoms with Crippen molar-refractivity contribution in [3.8, 4) is 0 Å². The number of hydrogen-bond donors (Lipinski definition) is 2. The monoisotopic (exact) mass is 391 g/mol. The molecule has 0 aliphatic carbocycles. The third-order valence-electron chi connectivity index (χ3n) is 5.03. The van der Waals surface area contributed by atoms with E-state index in [1.807, 2.05) is 30.3 Å². The van der Waals surface area contributed by atoms with Crippen molar-refractivity contribution in [1.82, 2.24) is 15.5 Å². The zero-order valence-corrected chi connectivity index (χ0v) is 15.7. The van der Waals surface area contributed by atoms with E-state index in [-0.39, 0.29) is 18.0 Å². The highest BCUT2D eigenvalue weighted by molar-refractivity contribution is 5.81. The van der Waals surface area contributed by atoms with Gasteiger partial charge in [0, 0.05) is 32.7 Å². The van der Waals surface area contributed by atoms with Crippen molar-refractivity contribution in [2.45, 2.75) is 37.8 Å². The van der Waals surface area contributed by atoms with Crippen LogP contribution in [0.1, 0.15) is 23.1 Å². The lowest BCUT2D eigenvalue weighted by molar-refractivity contribution is -0.137. The van der Waals surface area contributed by atoms with E-state index in [0.29, 0.717) is 31.6 Å². The highest BCUT2D eigenvalue weighted by Crippen LogP contribution is 2.29. The fourth-order valence-corrected chi connectivity index (χ4v) is 3.60. The second kappa shape index (κ2) is 8.75. The first-order valence-electron chi connectivity index (χ1n) is 9.26. The van der Waals surface area contributed by atoms with E-state index >= 15 is 0 Å². The number of likely N-dealkylation sites (N-methyl/N-ethyl adjacent to an activating group) is 1. The van der Waals surface area contributed by atoms with E-state index in [4.69, 9.17) is 0 Å². The molecule has 1 aliphatic heterocycles. The summed E-state index contributed by atoms with van der Waals surface area (Å²) in [4.78, 5) is 14.4. The number of nitrogens with one attached hydrogen (secondary N) is 2. The van der Waals surface area contributed by atoms with Gasteiger partial charge >= 0.3 is 6.18 Å². The Morgan fingerprint density at radius 2 is 1.82 bits per heavy atom. The Hall–Kier alpha value is -2.38. The second-order valence-electron chi connectivity index (χ2n) is 7.06. The van der Waals surface area contributed by atoms with Crippen LogP contribution in [0.3, 0.4) is 0 Å².